The standard InChI is InChI=1S/C41H41Cl2F2N3O7/c1-51-30-11-6-26(7-12-30)38(40(50)54-37-22-48-16-14-25(37)15-17-48)47-29-9-4-27(5-10-29)39(49)53-35(19-31-32(42)20-46-21-33(31)43)28-8-13-34(55-41(44)45)36(18-28)52-23-24-2-3-24/h4-13,18,20-21,24-25,35,37-38,41,47H,2-3,14-17,19,22-23H2,1H3/t35-,37-,38?/m0/s1. The molecular formula is C41H41Cl2F2N3O7. The summed E-state index contributed by atoms with van der Waals surface area (Å²) >= 11 is 12.9. The lowest BCUT2D eigenvalue weighted by Crippen LogP contribution is -2.52. The Morgan fingerprint density at radius 1 is 0.909 bits per heavy atom. The monoisotopic (exact) mass is 795 g/mol. The summed E-state index contributed by atoms with van der Waals surface area (Å²) in [6.45, 7) is 0.0609. The number of nitrogens with one attached hydrogen (secondary N) is 1. The Bertz CT molecular complexity index is 1940. The number of nitrogens with zero attached hydrogens (tertiary/aromatic N) is 2. The van der Waals surface area contributed by atoms with Crippen LogP contribution in [0.2, 0.25) is 10.0 Å². The molecule has 1 unspecified atom stereocenters. The second kappa shape index (κ2) is 17.4. The fourth-order valence-electron chi connectivity index (χ4n) is 6.97. The van der Waals surface area contributed by atoms with Gasteiger partial charge >= 0.3 is 18.6 Å². The van der Waals surface area contributed by atoms with Gasteiger partial charge in [-0.25, -0.2) is 9.59 Å². The van der Waals surface area contributed by atoms with Crippen LogP contribution in [0.1, 0.15) is 64.9 Å². The van der Waals surface area contributed by atoms with Crippen LogP contribution >= 0.6 is 23.2 Å². The number of hydrogen-bond acceptors (Lipinski definition) is 10. The van der Waals surface area contributed by atoms with Crippen molar-refractivity contribution >= 4 is 40.8 Å². The van der Waals surface area contributed by atoms with Crippen molar-refractivity contribution in [2.75, 3.05) is 38.7 Å². The van der Waals surface area contributed by atoms with E-state index in [-0.39, 0.29) is 39.6 Å². The van der Waals surface area contributed by atoms with Gasteiger partial charge in [0.05, 0.1) is 29.3 Å². The number of ether oxygens (including phenoxy) is 5. The summed E-state index contributed by atoms with van der Waals surface area (Å²) in [4.78, 5) is 33.9. The van der Waals surface area contributed by atoms with Crippen LogP contribution < -0.4 is 19.5 Å². The predicted octanol–water partition coefficient (Wildman–Crippen LogP) is 8.72. The van der Waals surface area contributed by atoms with Gasteiger partial charge < -0.3 is 29.0 Å². The SMILES string of the molecule is COc1ccc(C(Nc2ccc(C(=O)O[C@@H](Cc3c(Cl)cncc3Cl)c3ccc(OC(F)F)c(OCC4CC4)c3)cc2)C(=O)O[C@H]2CN3CCC2CC3)cc1. The minimum atomic E-state index is -3.06. The first-order valence-electron chi connectivity index (χ1n) is 18.3. The number of hydrogen-bond donors (Lipinski definition) is 1. The number of piperidine rings is 3. The predicted molar refractivity (Wildman–Crippen MR) is 202 cm³/mol. The Hall–Kier alpha value is -4.65. The number of halogens is 4. The second-order valence-electron chi connectivity index (χ2n) is 14.1. The molecule has 1 aliphatic carbocycles. The molecule has 1 saturated carbocycles. The van der Waals surface area contributed by atoms with Crippen molar-refractivity contribution in [2.45, 2.75) is 57.0 Å². The molecule has 4 aliphatic rings. The molecule has 1 aromatic heterocycles. The number of carbonyl (C=O) groups is 2. The molecule has 2 bridgehead atoms. The Morgan fingerprint density at radius 2 is 1.60 bits per heavy atom. The van der Waals surface area contributed by atoms with Crippen molar-refractivity contribution in [2.24, 2.45) is 11.8 Å². The topological polar surface area (TPSA) is 108 Å². The summed E-state index contributed by atoms with van der Waals surface area (Å²) in [7, 11) is 1.58. The first-order chi connectivity index (χ1) is 26.6. The minimum Gasteiger partial charge on any atom is -0.497 e. The van der Waals surface area contributed by atoms with E-state index >= 15 is 0 Å². The van der Waals surface area contributed by atoms with Crippen LogP contribution in [0.15, 0.2) is 79.1 Å². The molecule has 3 atom stereocenters. The molecule has 3 saturated heterocycles. The fraction of sp³-hybridized carbons (Fsp3) is 0.390. The zero-order chi connectivity index (χ0) is 38.5. The van der Waals surface area contributed by atoms with Crippen LogP contribution in [0.4, 0.5) is 14.5 Å². The number of alkyl halides is 2. The number of anilines is 1. The van der Waals surface area contributed by atoms with E-state index in [4.69, 9.17) is 46.9 Å². The maximum absolute atomic E-state index is 13.8. The highest BCUT2D eigenvalue weighted by molar-refractivity contribution is 6.35. The first kappa shape index (κ1) is 38.6. The van der Waals surface area contributed by atoms with E-state index in [1.807, 2.05) is 12.1 Å². The third kappa shape index (κ3) is 9.78. The highest BCUT2D eigenvalue weighted by Crippen LogP contribution is 2.38. The number of fused-ring (bicyclic) bond motifs is 3. The molecule has 0 spiro atoms. The molecule has 4 fully saturated rings. The van der Waals surface area contributed by atoms with E-state index in [1.54, 1.807) is 43.5 Å². The highest BCUT2D eigenvalue weighted by atomic mass is 35.5. The number of carbonyl (C=O) groups excluding carboxylic acids is 2. The average molecular weight is 797 g/mol. The molecule has 10 nitrogen and oxygen atoms in total. The Morgan fingerprint density at radius 3 is 2.22 bits per heavy atom. The van der Waals surface area contributed by atoms with Crippen molar-refractivity contribution in [1.29, 1.82) is 0 Å². The van der Waals surface area contributed by atoms with Crippen LogP contribution in [0.3, 0.4) is 0 Å². The van der Waals surface area contributed by atoms with E-state index in [2.05, 4.69) is 15.2 Å². The second-order valence-corrected chi connectivity index (χ2v) is 14.9. The van der Waals surface area contributed by atoms with Crippen LogP contribution in [0.25, 0.3) is 0 Å². The summed E-state index contributed by atoms with van der Waals surface area (Å²) < 4.78 is 54.7. The van der Waals surface area contributed by atoms with E-state index in [0.717, 1.165) is 45.3 Å². The Labute approximate surface area is 328 Å². The number of rotatable bonds is 16. The van der Waals surface area contributed by atoms with Crippen LogP contribution in [-0.2, 0) is 20.7 Å². The first-order valence-corrected chi connectivity index (χ1v) is 19.0. The normalized spacial score (nSPS) is 20.0. The van der Waals surface area contributed by atoms with Gasteiger partial charge in [0.15, 0.2) is 17.5 Å². The molecule has 14 heteroatoms. The number of pyridine rings is 1. The van der Waals surface area contributed by atoms with Gasteiger partial charge in [0.25, 0.3) is 0 Å². The van der Waals surface area contributed by atoms with Crippen molar-refractivity contribution in [3.63, 3.8) is 0 Å². The van der Waals surface area contributed by atoms with Gasteiger partial charge in [-0.05, 0) is 116 Å². The molecule has 0 radical (unpaired) electrons. The number of methoxy groups -OCH3 is 1. The van der Waals surface area contributed by atoms with E-state index in [1.165, 1.54) is 30.6 Å². The molecule has 0 amide bonds. The third-order valence-corrected chi connectivity index (χ3v) is 10.9. The fourth-order valence-corrected chi connectivity index (χ4v) is 7.49. The van der Waals surface area contributed by atoms with E-state index in [9.17, 15) is 18.4 Å². The van der Waals surface area contributed by atoms with Crippen LogP contribution in [0.5, 0.6) is 17.2 Å². The third-order valence-electron chi connectivity index (χ3n) is 10.3. The summed E-state index contributed by atoms with van der Waals surface area (Å²) in [6.07, 6.45) is 5.77. The van der Waals surface area contributed by atoms with Crippen molar-refractivity contribution in [3.8, 4) is 17.2 Å². The lowest BCUT2D eigenvalue weighted by Gasteiger charge is -2.44. The average Bonchev–Trinajstić information content (AvgIpc) is 4.03. The molecule has 4 aromatic rings. The minimum absolute atomic E-state index is 0.0495. The highest BCUT2D eigenvalue weighted by Gasteiger charge is 2.38. The quantitative estimate of drug-likeness (QED) is 0.111. The lowest BCUT2D eigenvalue weighted by atomic mass is 9.86. The van der Waals surface area contributed by atoms with E-state index in [0.29, 0.717) is 46.6 Å². The zero-order valence-electron chi connectivity index (χ0n) is 30.1. The largest absolute Gasteiger partial charge is 0.497 e. The number of aromatic nitrogens is 1. The van der Waals surface area contributed by atoms with Gasteiger partial charge in [0.2, 0.25) is 0 Å². The van der Waals surface area contributed by atoms with Gasteiger partial charge in [-0.2, -0.15) is 8.78 Å². The molecule has 3 aromatic carbocycles. The van der Waals surface area contributed by atoms with E-state index < -0.39 is 30.7 Å². The maximum Gasteiger partial charge on any atom is 0.387 e. The van der Waals surface area contributed by atoms with Gasteiger partial charge in [-0.15, -0.1) is 0 Å². The maximum atomic E-state index is 13.8. The van der Waals surface area contributed by atoms with Gasteiger partial charge in [-0.3, -0.25) is 9.88 Å². The molecule has 8 rings (SSSR count). The summed E-state index contributed by atoms with van der Waals surface area (Å²) in [6, 6.07) is 17.3. The molecule has 55 heavy (non-hydrogen) atoms. The number of benzene rings is 3. The lowest BCUT2D eigenvalue weighted by molar-refractivity contribution is -0.159. The van der Waals surface area contributed by atoms with Crippen molar-refractivity contribution in [3.05, 3.63) is 111 Å². The van der Waals surface area contributed by atoms with Crippen LogP contribution in [0, 0.1) is 11.8 Å². The Balaban J connectivity index is 1.11. The zero-order valence-corrected chi connectivity index (χ0v) is 31.6. The summed E-state index contributed by atoms with van der Waals surface area (Å²) in [5, 5.41) is 3.84. The Kier molecular flexibility index (Phi) is 12.2. The van der Waals surface area contributed by atoms with Crippen molar-refractivity contribution < 1.29 is 42.1 Å². The van der Waals surface area contributed by atoms with Gasteiger partial charge in [0, 0.05) is 31.0 Å². The van der Waals surface area contributed by atoms with Gasteiger partial charge in [-0.1, -0.05) is 41.4 Å². The van der Waals surface area contributed by atoms with Crippen LogP contribution in [-0.4, -0.2) is 67.9 Å². The summed E-state index contributed by atoms with van der Waals surface area (Å²) in [5.74, 6) is 0.248. The molecule has 290 valence electrons. The summed E-state index contributed by atoms with van der Waals surface area (Å²) in [5.41, 5.74) is 2.42. The van der Waals surface area contributed by atoms with Crippen molar-refractivity contribution in [1.82, 2.24) is 9.88 Å². The molecule has 1 N–H and O–H groups in total. The van der Waals surface area contributed by atoms with Gasteiger partial charge in [0.1, 0.15) is 18.0 Å². The molecule has 4 heterocycles. The molecular weight excluding hydrogens is 755 g/mol. The smallest absolute Gasteiger partial charge is 0.387 e. The molecule has 3 aliphatic heterocycles. The number of esters is 2.